The number of hydrogen-bond donors (Lipinski definition) is 0. The number of nitrogens with zero attached hydrogens (tertiary/aromatic N) is 2. The molecule has 1 spiro atoms. The third kappa shape index (κ3) is 3.32. The van der Waals surface area contributed by atoms with E-state index in [9.17, 15) is 0 Å². The maximum atomic E-state index is 2.59. The van der Waals surface area contributed by atoms with Crippen LogP contribution in [0.25, 0.3) is 0 Å². The van der Waals surface area contributed by atoms with E-state index in [1.807, 2.05) is 0 Å². The van der Waals surface area contributed by atoms with Gasteiger partial charge in [0.05, 0.1) is 0 Å². The Hall–Kier alpha value is -1.02. The van der Waals surface area contributed by atoms with Crippen molar-refractivity contribution >= 4 is 5.69 Å². The lowest BCUT2D eigenvalue weighted by Gasteiger charge is -2.47. The molecule has 0 bridgehead atoms. The second-order valence-corrected chi connectivity index (χ2v) is 8.59. The smallest absolute Gasteiger partial charge is 0.0366 e. The fourth-order valence-corrected chi connectivity index (χ4v) is 4.00. The molecule has 0 aliphatic carbocycles. The summed E-state index contributed by atoms with van der Waals surface area (Å²) in [4.78, 5) is 5.08. The number of piperidine rings is 2. The number of benzene rings is 1. The van der Waals surface area contributed by atoms with Gasteiger partial charge in [-0.3, -0.25) is 0 Å². The summed E-state index contributed by atoms with van der Waals surface area (Å²) in [6.07, 6.45) is 5.56. The van der Waals surface area contributed by atoms with Gasteiger partial charge in [-0.05, 0) is 74.3 Å². The highest BCUT2D eigenvalue weighted by molar-refractivity contribution is 5.49. The number of hydrogen-bond acceptors (Lipinski definition) is 2. The second-order valence-electron chi connectivity index (χ2n) is 8.59. The molecule has 0 amide bonds. The molecule has 0 saturated carbocycles. The summed E-state index contributed by atoms with van der Waals surface area (Å²) in [5.41, 5.74) is 3.74. The van der Waals surface area contributed by atoms with E-state index in [1.54, 1.807) is 0 Å². The van der Waals surface area contributed by atoms with E-state index in [0.717, 1.165) is 0 Å². The van der Waals surface area contributed by atoms with E-state index >= 15 is 0 Å². The van der Waals surface area contributed by atoms with Gasteiger partial charge in [0.25, 0.3) is 0 Å². The molecular weight excluding hydrogens is 268 g/mol. The van der Waals surface area contributed by atoms with E-state index in [4.69, 9.17) is 0 Å². The molecule has 2 heterocycles. The van der Waals surface area contributed by atoms with Crippen molar-refractivity contribution in [1.29, 1.82) is 0 Å². The lowest BCUT2D eigenvalue weighted by atomic mass is 9.71. The van der Waals surface area contributed by atoms with Gasteiger partial charge in [-0.25, -0.2) is 0 Å². The molecule has 2 fully saturated rings. The average molecular weight is 300 g/mol. The molecule has 0 radical (unpaired) electrons. The standard InChI is InChI=1S/C20H32N2/c1-19(2,3)17-5-7-18(8-6-17)22-15-11-20(12-16-22)9-13-21(4)14-10-20/h5-8H,9-16H2,1-4H3. The van der Waals surface area contributed by atoms with Crippen molar-refractivity contribution in [3.05, 3.63) is 29.8 Å². The first-order chi connectivity index (χ1) is 10.4. The van der Waals surface area contributed by atoms with Gasteiger partial charge < -0.3 is 9.80 Å². The first-order valence-corrected chi connectivity index (χ1v) is 8.92. The van der Waals surface area contributed by atoms with Crippen molar-refractivity contribution < 1.29 is 0 Å². The maximum Gasteiger partial charge on any atom is 0.0366 e. The molecule has 1 aromatic rings. The normalized spacial score (nSPS) is 23.0. The van der Waals surface area contributed by atoms with Crippen LogP contribution in [0.2, 0.25) is 0 Å². The van der Waals surface area contributed by atoms with Crippen molar-refractivity contribution in [2.75, 3.05) is 38.1 Å². The Morgan fingerprint density at radius 1 is 0.818 bits per heavy atom. The molecule has 2 nitrogen and oxygen atoms in total. The van der Waals surface area contributed by atoms with E-state index < -0.39 is 0 Å². The number of likely N-dealkylation sites (tertiary alicyclic amines) is 1. The highest BCUT2D eigenvalue weighted by atomic mass is 15.1. The van der Waals surface area contributed by atoms with Crippen LogP contribution in [-0.2, 0) is 5.41 Å². The van der Waals surface area contributed by atoms with Gasteiger partial charge in [-0.2, -0.15) is 0 Å². The van der Waals surface area contributed by atoms with Crippen molar-refractivity contribution in [3.63, 3.8) is 0 Å². The molecule has 122 valence electrons. The predicted molar refractivity (Wildman–Crippen MR) is 95.8 cm³/mol. The summed E-state index contributed by atoms with van der Waals surface area (Å²) in [6.45, 7) is 11.9. The van der Waals surface area contributed by atoms with Crippen LogP contribution >= 0.6 is 0 Å². The Morgan fingerprint density at radius 2 is 1.32 bits per heavy atom. The van der Waals surface area contributed by atoms with Crippen LogP contribution in [0.3, 0.4) is 0 Å². The van der Waals surface area contributed by atoms with Gasteiger partial charge in [-0.15, -0.1) is 0 Å². The Bertz CT molecular complexity index is 479. The second kappa shape index (κ2) is 5.88. The van der Waals surface area contributed by atoms with Crippen molar-refractivity contribution in [1.82, 2.24) is 4.90 Å². The topological polar surface area (TPSA) is 6.48 Å². The maximum absolute atomic E-state index is 2.59. The van der Waals surface area contributed by atoms with Crippen LogP contribution in [0.1, 0.15) is 52.0 Å². The molecule has 2 heteroatoms. The Kier molecular flexibility index (Phi) is 4.24. The monoisotopic (exact) mass is 300 g/mol. The van der Waals surface area contributed by atoms with Gasteiger partial charge in [0, 0.05) is 18.8 Å². The average Bonchev–Trinajstić information content (AvgIpc) is 2.51. The van der Waals surface area contributed by atoms with Crippen molar-refractivity contribution in [2.24, 2.45) is 5.41 Å². The third-order valence-electron chi connectivity index (χ3n) is 5.97. The first kappa shape index (κ1) is 15.9. The minimum Gasteiger partial charge on any atom is -0.371 e. The molecule has 0 unspecified atom stereocenters. The Morgan fingerprint density at radius 3 is 1.82 bits per heavy atom. The summed E-state index contributed by atoms with van der Waals surface area (Å²) in [5, 5.41) is 0. The summed E-state index contributed by atoms with van der Waals surface area (Å²) in [5.74, 6) is 0. The van der Waals surface area contributed by atoms with Crippen LogP contribution in [0.15, 0.2) is 24.3 Å². The largest absolute Gasteiger partial charge is 0.371 e. The van der Waals surface area contributed by atoms with Crippen LogP contribution in [-0.4, -0.2) is 38.1 Å². The summed E-state index contributed by atoms with van der Waals surface area (Å²) < 4.78 is 0. The lowest BCUT2D eigenvalue weighted by molar-refractivity contribution is 0.0945. The fourth-order valence-electron chi connectivity index (χ4n) is 4.00. The van der Waals surface area contributed by atoms with Gasteiger partial charge >= 0.3 is 0 Å². The van der Waals surface area contributed by atoms with Crippen LogP contribution in [0, 0.1) is 5.41 Å². The Labute approximate surface area is 136 Å². The molecule has 3 rings (SSSR count). The van der Waals surface area contributed by atoms with Gasteiger partial charge in [-0.1, -0.05) is 32.9 Å². The summed E-state index contributed by atoms with van der Waals surface area (Å²) in [7, 11) is 2.26. The van der Waals surface area contributed by atoms with E-state index in [0.29, 0.717) is 5.41 Å². The molecule has 2 saturated heterocycles. The van der Waals surface area contributed by atoms with Gasteiger partial charge in [0.15, 0.2) is 0 Å². The molecule has 2 aliphatic heterocycles. The fraction of sp³-hybridized carbons (Fsp3) is 0.700. The molecule has 0 atom stereocenters. The Balaban J connectivity index is 1.62. The van der Waals surface area contributed by atoms with Crippen LogP contribution < -0.4 is 4.90 Å². The molecular formula is C20H32N2. The zero-order valence-electron chi connectivity index (χ0n) is 14.9. The minimum absolute atomic E-state index is 0.249. The minimum atomic E-state index is 0.249. The number of rotatable bonds is 1. The van der Waals surface area contributed by atoms with Gasteiger partial charge in [0.1, 0.15) is 0 Å². The summed E-state index contributed by atoms with van der Waals surface area (Å²) >= 11 is 0. The van der Waals surface area contributed by atoms with Crippen molar-refractivity contribution in [3.8, 4) is 0 Å². The zero-order chi connectivity index (χ0) is 15.8. The molecule has 0 aromatic heterocycles. The van der Waals surface area contributed by atoms with E-state index in [-0.39, 0.29) is 5.41 Å². The zero-order valence-corrected chi connectivity index (χ0v) is 14.9. The highest BCUT2D eigenvalue weighted by Gasteiger charge is 2.36. The highest BCUT2D eigenvalue weighted by Crippen LogP contribution is 2.41. The quantitative estimate of drug-likeness (QED) is 0.763. The molecule has 22 heavy (non-hydrogen) atoms. The number of anilines is 1. The van der Waals surface area contributed by atoms with Gasteiger partial charge in [0.2, 0.25) is 0 Å². The van der Waals surface area contributed by atoms with Crippen LogP contribution in [0.5, 0.6) is 0 Å². The SMILES string of the molecule is CN1CCC2(CC1)CCN(c1ccc(C(C)(C)C)cc1)CC2. The molecule has 0 N–H and O–H groups in total. The molecule has 2 aliphatic rings. The van der Waals surface area contributed by atoms with Crippen molar-refractivity contribution in [2.45, 2.75) is 51.9 Å². The third-order valence-corrected chi connectivity index (χ3v) is 5.97. The molecule has 1 aromatic carbocycles. The van der Waals surface area contributed by atoms with E-state index in [1.165, 1.54) is 63.1 Å². The summed E-state index contributed by atoms with van der Waals surface area (Å²) in [6, 6.07) is 9.28. The van der Waals surface area contributed by atoms with Crippen LogP contribution in [0.4, 0.5) is 5.69 Å². The lowest BCUT2D eigenvalue weighted by Crippen LogP contribution is -2.46. The predicted octanol–water partition coefficient (Wildman–Crippen LogP) is 4.30. The van der Waals surface area contributed by atoms with E-state index in [2.05, 4.69) is 61.9 Å². The first-order valence-electron chi connectivity index (χ1n) is 8.92.